The van der Waals surface area contributed by atoms with Gasteiger partial charge in [0.2, 0.25) is 0 Å². The topological polar surface area (TPSA) is 38.9 Å². The molecule has 0 aliphatic rings. The molecule has 82 valence electrons. The zero-order valence-corrected chi connectivity index (χ0v) is 10.0. The molecule has 0 saturated carbocycles. The number of hydrogen-bond donors (Lipinski definition) is 1. The number of pyridine rings is 1. The maximum atomic E-state index is 6.01. The minimum absolute atomic E-state index is 0.543. The Morgan fingerprint density at radius 3 is 2.50 bits per heavy atom. The number of hydrogen-bond acceptors (Lipinski definition) is 2. The molecule has 2 aromatic rings. The first-order chi connectivity index (χ1) is 7.58. The van der Waals surface area contributed by atoms with Gasteiger partial charge in [0.15, 0.2) is 0 Å². The van der Waals surface area contributed by atoms with E-state index in [-0.39, 0.29) is 0 Å². The molecule has 0 radical (unpaired) electrons. The first-order valence-corrected chi connectivity index (χ1v) is 5.45. The summed E-state index contributed by atoms with van der Waals surface area (Å²) in [6, 6.07) is 9.64. The highest BCUT2D eigenvalue weighted by atomic mass is 35.5. The van der Waals surface area contributed by atoms with Crippen molar-refractivity contribution in [1.82, 2.24) is 4.98 Å². The van der Waals surface area contributed by atoms with Gasteiger partial charge in [-0.2, -0.15) is 0 Å². The second kappa shape index (κ2) is 4.14. The van der Waals surface area contributed by atoms with E-state index in [2.05, 4.69) is 11.9 Å². The third kappa shape index (κ3) is 2.02. The van der Waals surface area contributed by atoms with Crippen LogP contribution in [0.3, 0.4) is 0 Å². The van der Waals surface area contributed by atoms with Crippen molar-refractivity contribution in [1.29, 1.82) is 0 Å². The molecule has 1 heterocycles. The normalized spacial score (nSPS) is 10.4. The molecule has 2 nitrogen and oxygen atoms in total. The Hall–Kier alpha value is -1.54. The molecule has 2 N–H and O–H groups in total. The molecule has 0 unspecified atom stereocenters. The molecule has 0 saturated heterocycles. The van der Waals surface area contributed by atoms with Crippen molar-refractivity contribution >= 4 is 17.4 Å². The maximum Gasteiger partial charge on any atom is 0.123 e. The number of rotatable bonds is 1. The number of nitrogens with zero attached hydrogens (tertiary/aromatic N) is 1. The highest BCUT2D eigenvalue weighted by molar-refractivity contribution is 6.30. The van der Waals surface area contributed by atoms with E-state index in [0.717, 1.165) is 21.8 Å². The SMILES string of the molecule is Cc1ccc(Cl)cc1-c1ccc(N)nc1C. The van der Waals surface area contributed by atoms with Gasteiger partial charge in [-0.25, -0.2) is 4.98 Å². The Bertz CT molecular complexity index is 535. The summed E-state index contributed by atoms with van der Waals surface area (Å²) in [5, 5.41) is 0.733. The largest absolute Gasteiger partial charge is 0.384 e. The lowest BCUT2D eigenvalue weighted by Gasteiger charge is -2.09. The van der Waals surface area contributed by atoms with Crippen LogP contribution in [0.2, 0.25) is 5.02 Å². The summed E-state index contributed by atoms with van der Waals surface area (Å²) in [5.74, 6) is 0.543. The van der Waals surface area contributed by atoms with E-state index in [4.69, 9.17) is 17.3 Å². The molecule has 0 bridgehead atoms. The van der Waals surface area contributed by atoms with Crippen LogP contribution in [0.1, 0.15) is 11.3 Å². The molecule has 0 spiro atoms. The van der Waals surface area contributed by atoms with E-state index in [9.17, 15) is 0 Å². The van der Waals surface area contributed by atoms with Gasteiger partial charge in [0.25, 0.3) is 0 Å². The van der Waals surface area contributed by atoms with Crippen LogP contribution in [0.15, 0.2) is 30.3 Å². The average molecular weight is 233 g/mol. The molecule has 0 amide bonds. The summed E-state index contributed by atoms with van der Waals surface area (Å²) < 4.78 is 0. The molecule has 16 heavy (non-hydrogen) atoms. The second-order valence-electron chi connectivity index (χ2n) is 3.83. The number of aromatic nitrogens is 1. The molecule has 1 aromatic carbocycles. The number of aryl methyl sites for hydroxylation is 2. The summed E-state index contributed by atoms with van der Waals surface area (Å²) in [5.41, 5.74) is 9.92. The molecule has 1 aromatic heterocycles. The van der Waals surface area contributed by atoms with Gasteiger partial charge in [-0.05, 0) is 49.2 Å². The molecule has 0 aliphatic heterocycles. The third-order valence-electron chi connectivity index (χ3n) is 2.60. The van der Waals surface area contributed by atoms with Crippen LogP contribution in [0.5, 0.6) is 0 Å². The zero-order chi connectivity index (χ0) is 11.7. The zero-order valence-electron chi connectivity index (χ0n) is 9.29. The lowest BCUT2D eigenvalue weighted by molar-refractivity contribution is 1.21. The molecule has 3 heteroatoms. The number of halogens is 1. The van der Waals surface area contributed by atoms with Crippen LogP contribution in [-0.4, -0.2) is 4.98 Å². The Morgan fingerprint density at radius 1 is 1.06 bits per heavy atom. The first kappa shape index (κ1) is 11.0. The van der Waals surface area contributed by atoms with Crippen LogP contribution in [0.25, 0.3) is 11.1 Å². The Balaban J connectivity index is 2.62. The fourth-order valence-corrected chi connectivity index (χ4v) is 1.92. The van der Waals surface area contributed by atoms with Crippen molar-refractivity contribution in [3.63, 3.8) is 0 Å². The lowest BCUT2D eigenvalue weighted by Crippen LogP contribution is -1.95. The van der Waals surface area contributed by atoms with Gasteiger partial charge in [-0.15, -0.1) is 0 Å². The average Bonchev–Trinajstić information content (AvgIpc) is 2.22. The first-order valence-electron chi connectivity index (χ1n) is 5.07. The molecule has 0 atom stereocenters. The number of benzene rings is 1. The van der Waals surface area contributed by atoms with Crippen LogP contribution >= 0.6 is 11.6 Å². The van der Waals surface area contributed by atoms with Crippen LogP contribution in [-0.2, 0) is 0 Å². The van der Waals surface area contributed by atoms with Crippen LogP contribution in [0, 0.1) is 13.8 Å². The van der Waals surface area contributed by atoms with E-state index < -0.39 is 0 Å². The summed E-state index contributed by atoms with van der Waals surface area (Å²) in [6.07, 6.45) is 0. The molecule has 0 aliphatic carbocycles. The molecular formula is C13H13ClN2. The molecule has 0 fully saturated rings. The maximum absolute atomic E-state index is 6.01. The highest BCUT2D eigenvalue weighted by Crippen LogP contribution is 2.28. The minimum atomic E-state index is 0.543. The number of nitrogens with two attached hydrogens (primary N) is 1. The summed E-state index contributed by atoms with van der Waals surface area (Å²) >= 11 is 6.01. The lowest BCUT2D eigenvalue weighted by atomic mass is 10.00. The number of anilines is 1. The van der Waals surface area contributed by atoms with Gasteiger partial charge in [-0.1, -0.05) is 17.7 Å². The van der Waals surface area contributed by atoms with Gasteiger partial charge in [0.05, 0.1) is 0 Å². The Morgan fingerprint density at radius 2 is 1.81 bits per heavy atom. The molecule has 2 rings (SSSR count). The fourth-order valence-electron chi connectivity index (χ4n) is 1.75. The predicted octanol–water partition coefficient (Wildman–Crippen LogP) is 3.60. The van der Waals surface area contributed by atoms with E-state index in [1.807, 2.05) is 37.3 Å². The van der Waals surface area contributed by atoms with Crippen molar-refractivity contribution in [3.05, 3.63) is 46.6 Å². The van der Waals surface area contributed by atoms with Gasteiger partial charge in [0.1, 0.15) is 5.82 Å². The van der Waals surface area contributed by atoms with Gasteiger partial charge in [-0.3, -0.25) is 0 Å². The second-order valence-corrected chi connectivity index (χ2v) is 4.26. The van der Waals surface area contributed by atoms with E-state index in [1.165, 1.54) is 5.56 Å². The van der Waals surface area contributed by atoms with Gasteiger partial charge in [0, 0.05) is 16.3 Å². The van der Waals surface area contributed by atoms with E-state index in [0.29, 0.717) is 5.82 Å². The van der Waals surface area contributed by atoms with Crippen molar-refractivity contribution < 1.29 is 0 Å². The van der Waals surface area contributed by atoms with Crippen molar-refractivity contribution in [3.8, 4) is 11.1 Å². The summed E-state index contributed by atoms with van der Waals surface area (Å²) in [4.78, 5) is 4.26. The summed E-state index contributed by atoms with van der Waals surface area (Å²) in [7, 11) is 0. The Labute approximate surface area is 100 Å². The smallest absolute Gasteiger partial charge is 0.123 e. The van der Waals surface area contributed by atoms with E-state index >= 15 is 0 Å². The van der Waals surface area contributed by atoms with Gasteiger partial charge < -0.3 is 5.73 Å². The van der Waals surface area contributed by atoms with Crippen LogP contribution in [0.4, 0.5) is 5.82 Å². The van der Waals surface area contributed by atoms with Gasteiger partial charge >= 0.3 is 0 Å². The van der Waals surface area contributed by atoms with Crippen molar-refractivity contribution in [2.24, 2.45) is 0 Å². The summed E-state index contributed by atoms with van der Waals surface area (Å²) in [6.45, 7) is 4.01. The van der Waals surface area contributed by atoms with E-state index in [1.54, 1.807) is 0 Å². The van der Waals surface area contributed by atoms with Crippen LogP contribution < -0.4 is 5.73 Å². The van der Waals surface area contributed by atoms with Crippen molar-refractivity contribution in [2.75, 3.05) is 5.73 Å². The standard InChI is InChI=1S/C13H13ClN2/c1-8-3-4-10(14)7-12(8)11-5-6-13(15)16-9(11)2/h3-7H,1-2H3,(H2,15,16). The molecular weight excluding hydrogens is 220 g/mol. The monoisotopic (exact) mass is 232 g/mol. The quantitative estimate of drug-likeness (QED) is 0.816. The number of nitrogen functional groups attached to an aromatic ring is 1. The Kier molecular flexibility index (Phi) is 2.84. The predicted molar refractivity (Wildman–Crippen MR) is 68.6 cm³/mol. The van der Waals surface area contributed by atoms with Crippen molar-refractivity contribution in [2.45, 2.75) is 13.8 Å². The minimum Gasteiger partial charge on any atom is -0.384 e. The highest BCUT2D eigenvalue weighted by Gasteiger charge is 2.06. The fraction of sp³-hybridized carbons (Fsp3) is 0.154. The third-order valence-corrected chi connectivity index (χ3v) is 2.83.